The summed E-state index contributed by atoms with van der Waals surface area (Å²) in [5.74, 6) is -1.90. The molecule has 2 aliphatic heterocycles. The Morgan fingerprint density at radius 3 is 2.63 bits per heavy atom. The maximum atomic E-state index is 13.0. The number of carboxylic acids is 2. The molecule has 0 radical (unpaired) electrons. The number of thioether (sulfide) groups is 1. The molecular formula is C19H24N2O5S. The molecule has 1 unspecified atom stereocenters. The van der Waals surface area contributed by atoms with Gasteiger partial charge in [-0.2, -0.15) is 0 Å². The number of carboxylic acid groups (broad SMARTS) is 2. The number of carbonyl (C=O) groups is 3. The van der Waals surface area contributed by atoms with Gasteiger partial charge in [-0.1, -0.05) is 30.3 Å². The van der Waals surface area contributed by atoms with Crippen molar-refractivity contribution in [1.82, 2.24) is 10.2 Å². The van der Waals surface area contributed by atoms with E-state index >= 15 is 0 Å². The highest BCUT2D eigenvalue weighted by atomic mass is 32.2. The van der Waals surface area contributed by atoms with Crippen molar-refractivity contribution >= 4 is 29.6 Å². The van der Waals surface area contributed by atoms with Crippen LogP contribution >= 0.6 is 11.8 Å². The fourth-order valence-corrected chi connectivity index (χ4v) is 5.16. The quantitative estimate of drug-likeness (QED) is 0.646. The molecule has 3 N–H and O–H groups in total. The minimum absolute atomic E-state index is 0.127. The third kappa shape index (κ3) is 4.62. The average molecular weight is 392 g/mol. The normalized spacial score (nSPS) is 26.3. The maximum Gasteiger partial charge on any atom is 0.327 e. The standard InChI is InChI=1S/C19H24N2O5S/c22-17-13(7-4-8-16-21(17)15(11-27-16)19(25)26)20-14(18(23)24)10-9-12-5-2-1-3-6-12/h1-3,5-6,13-16,20H,4,7-11H2,(H,23,24)(H,25,26)/t13-,14?,15-,16+/m1/s1. The van der Waals surface area contributed by atoms with Crippen molar-refractivity contribution in [3.05, 3.63) is 35.9 Å². The number of nitrogens with one attached hydrogen (secondary N) is 1. The third-order valence-electron chi connectivity index (χ3n) is 5.14. The minimum atomic E-state index is -1.00. The molecule has 0 aromatic heterocycles. The molecule has 27 heavy (non-hydrogen) atoms. The van der Waals surface area contributed by atoms with Crippen LogP contribution in [0.25, 0.3) is 0 Å². The van der Waals surface area contributed by atoms with Crippen LogP contribution in [-0.2, 0) is 20.8 Å². The monoisotopic (exact) mass is 392 g/mol. The first-order chi connectivity index (χ1) is 13.0. The van der Waals surface area contributed by atoms with Crippen LogP contribution in [0.1, 0.15) is 31.2 Å². The van der Waals surface area contributed by atoms with Crippen LogP contribution in [0, 0.1) is 0 Å². The Bertz CT molecular complexity index is 699. The lowest BCUT2D eigenvalue weighted by Gasteiger charge is -2.29. The fourth-order valence-electron chi connectivity index (χ4n) is 3.70. The summed E-state index contributed by atoms with van der Waals surface area (Å²) in [6.07, 6.45) is 2.97. The topological polar surface area (TPSA) is 107 Å². The smallest absolute Gasteiger partial charge is 0.327 e. The number of aliphatic carboxylic acids is 2. The van der Waals surface area contributed by atoms with Crippen molar-refractivity contribution in [3.8, 4) is 0 Å². The first-order valence-corrected chi connectivity index (χ1v) is 10.2. The molecule has 8 heteroatoms. The SMILES string of the molecule is O=C(O)C(CCc1ccccc1)N[C@@H]1CCC[C@@H]2SC[C@H](C(=O)O)N2C1=O. The van der Waals surface area contributed by atoms with Crippen LogP contribution < -0.4 is 5.32 Å². The number of nitrogens with zero attached hydrogens (tertiary/aromatic N) is 1. The van der Waals surface area contributed by atoms with E-state index in [1.165, 1.54) is 16.7 Å². The van der Waals surface area contributed by atoms with Crippen molar-refractivity contribution in [1.29, 1.82) is 0 Å². The van der Waals surface area contributed by atoms with Crippen LogP contribution in [0.3, 0.4) is 0 Å². The van der Waals surface area contributed by atoms with Gasteiger partial charge in [0.25, 0.3) is 0 Å². The van der Waals surface area contributed by atoms with E-state index in [4.69, 9.17) is 0 Å². The van der Waals surface area contributed by atoms with Crippen LogP contribution in [0.5, 0.6) is 0 Å². The number of fused-ring (bicyclic) bond motifs is 1. The summed E-state index contributed by atoms with van der Waals surface area (Å²) in [6.45, 7) is 0. The molecule has 2 heterocycles. The predicted octanol–water partition coefficient (Wildman–Crippen LogP) is 1.57. The van der Waals surface area contributed by atoms with E-state index in [1.807, 2.05) is 30.3 Å². The Kier molecular flexibility index (Phi) is 6.38. The zero-order chi connectivity index (χ0) is 19.4. The van der Waals surface area contributed by atoms with Crippen molar-refractivity contribution in [2.45, 2.75) is 55.6 Å². The van der Waals surface area contributed by atoms with Gasteiger partial charge in [0, 0.05) is 5.75 Å². The molecule has 2 aliphatic rings. The molecule has 1 amide bonds. The molecule has 146 valence electrons. The molecule has 4 atom stereocenters. The molecule has 1 aromatic rings. The lowest BCUT2D eigenvalue weighted by atomic mass is 10.0. The molecule has 2 fully saturated rings. The lowest BCUT2D eigenvalue weighted by molar-refractivity contribution is -0.150. The summed E-state index contributed by atoms with van der Waals surface area (Å²) in [6, 6.07) is 7.27. The molecule has 2 saturated heterocycles. The summed E-state index contributed by atoms with van der Waals surface area (Å²) in [7, 11) is 0. The highest BCUT2D eigenvalue weighted by Crippen LogP contribution is 2.35. The van der Waals surface area contributed by atoms with Gasteiger partial charge in [0.2, 0.25) is 5.91 Å². The molecule has 3 rings (SSSR count). The van der Waals surface area contributed by atoms with E-state index in [0.29, 0.717) is 25.0 Å². The van der Waals surface area contributed by atoms with Gasteiger partial charge in [0.1, 0.15) is 12.1 Å². The zero-order valence-electron chi connectivity index (χ0n) is 14.9. The van der Waals surface area contributed by atoms with Crippen LogP contribution in [0.15, 0.2) is 30.3 Å². The van der Waals surface area contributed by atoms with Gasteiger partial charge in [0.05, 0.1) is 11.4 Å². The molecule has 1 aromatic carbocycles. The van der Waals surface area contributed by atoms with E-state index < -0.39 is 30.1 Å². The van der Waals surface area contributed by atoms with E-state index in [9.17, 15) is 24.6 Å². The maximum absolute atomic E-state index is 13.0. The number of aryl methyl sites for hydroxylation is 1. The van der Waals surface area contributed by atoms with Crippen molar-refractivity contribution in [2.75, 3.05) is 5.75 Å². The van der Waals surface area contributed by atoms with Crippen LogP contribution in [-0.4, -0.2) is 62.2 Å². The molecular weight excluding hydrogens is 368 g/mol. The van der Waals surface area contributed by atoms with E-state index in [-0.39, 0.29) is 11.3 Å². The zero-order valence-corrected chi connectivity index (χ0v) is 15.7. The number of hydrogen-bond donors (Lipinski definition) is 3. The van der Waals surface area contributed by atoms with Crippen molar-refractivity contribution in [2.24, 2.45) is 0 Å². The van der Waals surface area contributed by atoms with Crippen LogP contribution in [0.2, 0.25) is 0 Å². The number of rotatable bonds is 7. The van der Waals surface area contributed by atoms with Crippen molar-refractivity contribution in [3.63, 3.8) is 0 Å². The Labute approximate surface area is 162 Å². The van der Waals surface area contributed by atoms with Gasteiger partial charge < -0.3 is 15.1 Å². The van der Waals surface area contributed by atoms with Gasteiger partial charge in [0.15, 0.2) is 0 Å². The Balaban J connectivity index is 1.68. The molecule has 0 bridgehead atoms. The van der Waals surface area contributed by atoms with Gasteiger partial charge >= 0.3 is 11.9 Å². The van der Waals surface area contributed by atoms with Gasteiger partial charge in [-0.05, 0) is 37.7 Å². The first kappa shape index (κ1) is 19.7. The van der Waals surface area contributed by atoms with Crippen molar-refractivity contribution < 1.29 is 24.6 Å². The molecule has 0 aliphatic carbocycles. The summed E-state index contributed by atoms with van der Waals surface area (Å²) < 4.78 is 0. The van der Waals surface area contributed by atoms with E-state index in [2.05, 4.69) is 5.32 Å². The second kappa shape index (κ2) is 8.75. The minimum Gasteiger partial charge on any atom is -0.480 e. The van der Waals surface area contributed by atoms with Gasteiger partial charge in [-0.25, -0.2) is 4.79 Å². The molecule has 0 spiro atoms. The summed E-state index contributed by atoms with van der Waals surface area (Å²) >= 11 is 1.49. The number of amides is 1. The van der Waals surface area contributed by atoms with E-state index in [1.54, 1.807) is 0 Å². The first-order valence-electron chi connectivity index (χ1n) is 9.16. The average Bonchev–Trinajstić information content (AvgIpc) is 3.01. The van der Waals surface area contributed by atoms with Crippen LogP contribution in [0.4, 0.5) is 0 Å². The lowest BCUT2D eigenvalue weighted by Crippen LogP contribution is -2.55. The second-order valence-corrected chi connectivity index (χ2v) is 8.16. The highest BCUT2D eigenvalue weighted by Gasteiger charge is 2.45. The van der Waals surface area contributed by atoms with E-state index in [0.717, 1.165) is 18.4 Å². The molecule has 7 nitrogen and oxygen atoms in total. The van der Waals surface area contributed by atoms with Gasteiger partial charge in [-0.3, -0.25) is 14.9 Å². The summed E-state index contributed by atoms with van der Waals surface area (Å²) in [5, 5.41) is 21.9. The Hall–Kier alpha value is -2.06. The third-order valence-corrected chi connectivity index (χ3v) is 6.49. The van der Waals surface area contributed by atoms with Gasteiger partial charge in [-0.15, -0.1) is 11.8 Å². The summed E-state index contributed by atoms with van der Waals surface area (Å²) in [4.78, 5) is 37.6. The second-order valence-electron chi connectivity index (χ2n) is 6.95. The predicted molar refractivity (Wildman–Crippen MR) is 101 cm³/mol. The summed E-state index contributed by atoms with van der Waals surface area (Å²) in [5.41, 5.74) is 1.04. The number of carbonyl (C=O) groups excluding carboxylic acids is 1. The fraction of sp³-hybridized carbons (Fsp3) is 0.526. The Morgan fingerprint density at radius 2 is 1.96 bits per heavy atom. The highest BCUT2D eigenvalue weighted by molar-refractivity contribution is 8.00. The molecule has 0 saturated carbocycles. The number of benzene rings is 1. The largest absolute Gasteiger partial charge is 0.480 e. The number of hydrogen-bond acceptors (Lipinski definition) is 5. The Morgan fingerprint density at radius 1 is 1.22 bits per heavy atom.